The molecule has 0 spiro atoms. The summed E-state index contributed by atoms with van der Waals surface area (Å²) in [6.45, 7) is 15.0. The van der Waals surface area contributed by atoms with E-state index in [4.69, 9.17) is 19.0 Å². The maximum atomic E-state index is 14.4. The van der Waals surface area contributed by atoms with Gasteiger partial charge in [-0.25, -0.2) is 4.79 Å². The zero-order chi connectivity index (χ0) is 37.1. The molecule has 3 aromatic rings. The second-order valence-electron chi connectivity index (χ2n) is 13.0. The number of benzene rings is 3. The van der Waals surface area contributed by atoms with Crippen LogP contribution < -0.4 is 20.9 Å². The highest BCUT2D eigenvalue weighted by Crippen LogP contribution is 2.20. The van der Waals surface area contributed by atoms with E-state index in [0.29, 0.717) is 31.9 Å². The molecule has 0 aliphatic rings. The van der Waals surface area contributed by atoms with E-state index in [2.05, 4.69) is 22.7 Å². The van der Waals surface area contributed by atoms with Crippen LogP contribution >= 0.6 is 0 Å². The molecule has 0 heterocycles. The first-order valence-electron chi connectivity index (χ1n) is 17.5. The molecule has 0 saturated heterocycles. The summed E-state index contributed by atoms with van der Waals surface area (Å²) in [5.41, 5.74) is 5.08. The minimum Gasteiger partial charge on any atom is -0.488 e. The van der Waals surface area contributed by atoms with Gasteiger partial charge in [-0.3, -0.25) is 9.59 Å². The van der Waals surface area contributed by atoms with Gasteiger partial charge in [0.1, 0.15) is 17.4 Å². The van der Waals surface area contributed by atoms with Gasteiger partial charge in [-0.2, -0.15) is 0 Å². The van der Waals surface area contributed by atoms with Gasteiger partial charge < -0.3 is 34.6 Å². The number of hydrogen-bond acceptors (Lipinski definition) is 8. The Kier molecular flexibility index (Phi) is 17.2. The van der Waals surface area contributed by atoms with E-state index in [1.165, 1.54) is 0 Å². The predicted octanol–water partition coefficient (Wildman–Crippen LogP) is 6.08. The van der Waals surface area contributed by atoms with Crippen LogP contribution in [0.15, 0.2) is 97.6 Å². The van der Waals surface area contributed by atoms with E-state index >= 15 is 0 Å². The molecule has 3 N–H and O–H groups in total. The summed E-state index contributed by atoms with van der Waals surface area (Å²) in [6.07, 6.45) is 1.36. The van der Waals surface area contributed by atoms with Gasteiger partial charge in [-0.15, -0.1) is 12.1 Å². The zero-order valence-corrected chi connectivity index (χ0v) is 30.6. The third-order valence-corrected chi connectivity index (χ3v) is 7.50. The van der Waals surface area contributed by atoms with Gasteiger partial charge in [0.2, 0.25) is 5.91 Å². The molecule has 11 heteroatoms. The predicted molar refractivity (Wildman–Crippen MR) is 197 cm³/mol. The molecule has 3 amide bonds. The maximum absolute atomic E-state index is 14.4. The molecule has 11 nitrogen and oxygen atoms in total. The van der Waals surface area contributed by atoms with Crippen LogP contribution in [0, 0.1) is 0 Å². The van der Waals surface area contributed by atoms with Gasteiger partial charge in [-0.05, 0) is 76.3 Å². The summed E-state index contributed by atoms with van der Waals surface area (Å²) in [7, 11) is 0. The summed E-state index contributed by atoms with van der Waals surface area (Å²) in [5.74, 6) is -0.260. The molecule has 0 aliphatic heterocycles. The third kappa shape index (κ3) is 15.8. The normalized spacial score (nSPS) is 12.4. The smallest absolute Gasteiger partial charge is 0.326 e. The first kappa shape index (κ1) is 40.7. The molecule has 2 unspecified atom stereocenters. The Morgan fingerprint density at radius 3 is 2.02 bits per heavy atom. The average molecular weight is 703 g/mol. The molecule has 2 atom stereocenters. The number of urea groups is 1. The van der Waals surface area contributed by atoms with Crippen LogP contribution in [0.3, 0.4) is 0 Å². The summed E-state index contributed by atoms with van der Waals surface area (Å²) in [4.78, 5) is 47.4. The van der Waals surface area contributed by atoms with Gasteiger partial charge in [0.15, 0.2) is 6.29 Å². The summed E-state index contributed by atoms with van der Waals surface area (Å²) < 4.78 is 17.6. The molecule has 0 saturated carbocycles. The van der Waals surface area contributed by atoms with Crippen LogP contribution in [0.25, 0.3) is 0 Å². The molecule has 0 bridgehead atoms. The number of ether oxygens (including phenoxy) is 3. The Balaban J connectivity index is 1.78. The average Bonchev–Trinajstić information content (AvgIpc) is 3.10. The van der Waals surface area contributed by atoms with Gasteiger partial charge in [0.25, 0.3) is 0 Å². The Bertz CT molecular complexity index is 1470. The topological polar surface area (TPSA) is 127 Å². The lowest BCUT2D eigenvalue weighted by atomic mass is 10.0. The zero-order valence-electron chi connectivity index (χ0n) is 30.6. The molecule has 0 aliphatic carbocycles. The van der Waals surface area contributed by atoms with Crippen molar-refractivity contribution in [2.75, 3.05) is 19.8 Å². The van der Waals surface area contributed by atoms with Crippen molar-refractivity contribution in [3.05, 3.63) is 114 Å². The summed E-state index contributed by atoms with van der Waals surface area (Å²) in [5, 5.41) is 5.62. The number of amides is 3. The highest BCUT2D eigenvalue weighted by atomic mass is 16.7. The van der Waals surface area contributed by atoms with E-state index in [-0.39, 0.29) is 37.4 Å². The maximum Gasteiger partial charge on any atom is 0.326 e. The number of hydroxylamine groups is 1. The van der Waals surface area contributed by atoms with E-state index in [0.717, 1.165) is 16.7 Å². The molecule has 3 aromatic carbocycles. The van der Waals surface area contributed by atoms with Crippen molar-refractivity contribution in [3.63, 3.8) is 0 Å². The van der Waals surface area contributed by atoms with E-state index in [1.807, 2.05) is 120 Å². The summed E-state index contributed by atoms with van der Waals surface area (Å²) >= 11 is 0. The van der Waals surface area contributed by atoms with E-state index < -0.39 is 30.4 Å². The minimum absolute atomic E-state index is 0.151. The van der Waals surface area contributed by atoms with Gasteiger partial charge in [0, 0.05) is 32.3 Å². The lowest BCUT2D eigenvalue weighted by molar-refractivity contribution is -0.166. The van der Waals surface area contributed by atoms with Crippen LogP contribution in [0.5, 0.6) is 5.75 Å². The first-order valence-corrected chi connectivity index (χ1v) is 17.5. The van der Waals surface area contributed by atoms with Crippen molar-refractivity contribution in [1.29, 1.82) is 0 Å². The Hall–Kier alpha value is -4.71. The van der Waals surface area contributed by atoms with Gasteiger partial charge >= 0.3 is 12.0 Å². The monoisotopic (exact) mass is 702 g/mol. The molecule has 3 rings (SSSR count). The lowest BCUT2D eigenvalue weighted by Gasteiger charge is -2.31. The fourth-order valence-corrected chi connectivity index (χ4v) is 5.21. The number of nitrogens with zero attached hydrogens (tertiary/aromatic N) is 1. The lowest BCUT2D eigenvalue weighted by Crippen LogP contribution is -2.51. The molecule has 0 aromatic heterocycles. The van der Waals surface area contributed by atoms with E-state index in [9.17, 15) is 14.4 Å². The van der Waals surface area contributed by atoms with Crippen molar-refractivity contribution >= 4 is 17.9 Å². The first-order chi connectivity index (χ1) is 24.5. The van der Waals surface area contributed by atoms with Crippen LogP contribution in [-0.4, -0.2) is 66.5 Å². The summed E-state index contributed by atoms with van der Waals surface area (Å²) in [6, 6.07) is 24.6. The number of carbonyl (C=O) groups is 3. The number of hydrogen-bond donors (Lipinski definition) is 3. The van der Waals surface area contributed by atoms with Crippen molar-refractivity contribution in [2.45, 2.75) is 90.9 Å². The second kappa shape index (κ2) is 21.5. The van der Waals surface area contributed by atoms with Crippen molar-refractivity contribution in [3.8, 4) is 5.75 Å². The molecule has 51 heavy (non-hydrogen) atoms. The van der Waals surface area contributed by atoms with Gasteiger partial charge in [-0.1, -0.05) is 78.9 Å². The van der Waals surface area contributed by atoms with Gasteiger partial charge in [0.05, 0.1) is 13.0 Å². The Morgan fingerprint density at radius 1 is 0.843 bits per heavy atom. The largest absolute Gasteiger partial charge is 0.488 e. The fraction of sp³-hybridized carbons (Fsp3) is 0.425. The minimum atomic E-state index is -0.962. The molecule has 0 fully saturated rings. The standard InChI is InChI=1S/C40H54N4O7/c1-7-16-33(42-39(47)41-27-31-17-12-10-13-18-31)26-36(45)51-43-35(25-30-21-23-34(24-22-30)50-40(4,5)6)38(46)44(28-32-19-14-11-15-20-32)29-37(48-8-2)49-9-3/h7,10-15,17-24,33,35,37,43H,1,8-9,16,25-29H2,2-6H3,(H2,41,42,47). The Morgan fingerprint density at radius 2 is 1.45 bits per heavy atom. The van der Waals surface area contributed by atoms with Crippen LogP contribution in [0.2, 0.25) is 0 Å². The van der Waals surface area contributed by atoms with Crippen LogP contribution in [0.1, 0.15) is 64.2 Å². The number of carbonyl (C=O) groups excluding carboxylic acids is 3. The SMILES string of the molecule is C=CCC(CC(=O)ONC(Cc1ccc(OC(C)(C)C)cc1)C(=O)N(Cc1ccccc1)CC(OCC)OCC)NC(=O)NCc1ccccc1. The van der Waals surface area contributed by atoms with E-state index in [1.54, 1.807) is 11.0 Å². The quantitative estimate of drug-likeness (QED) is 0.0693. The molecule has 0 radical (unpaired) electrons. The highest BCUT2D eigenvalue weighted by molar-refractivity contribution is 5.82. The fourth-order valence-electron chi connectivity index (χ4n) is 5.21. The third-order valence-electron chi connectivity index (χ3n) is 7.50. The van der Waals surface area contributed by atoms with Crippen LogP contribution in [-0.2, 0) is 43.4 Å². The second-order valence-corrected chi connectivity index (χ2v) is 13.0. The molecular weight excluding hydrogens is 648 g/mol. The number of nitrogens with one attached hydrogen (secondary N) is 3. The van der Waals surface area contributed by atoms with Crippen molar-refractivity contribution in [2.24, 2.45) is 0 Å². The molecular formula is C40H54N4O7. The Labute approximate surface area is 302 Å². The van der Waals surface area contributed by atoms with Crippen molar-refractivity contribution in [1.82, 2.24) is 21.0 Å². The van der Waals surface area contributed by atoms with Crippen molar-refractivity contribution < 1.29 is 33.4 Å². The number of rotatable bonds is 21. The van der Waals surface area contributed by atoms with Crippen LogP contribution in [0.4, 0.5) is 4.79 Å². The molecule has 276 valence electrons. The highest BCUT2D eigenvalue weighted by Gasteiger charge is 2.29.